The van der Waals surface area contributed by atoms with Gasteiger partial charge in [-0.25, -0.2) is 4.98 Å². The average molecular weight is 286 g/mol. The highest BCUT2D eigenvalue weighted by Crippen LogP contribution is 2.37. The molecular formula is C15H18N4O2. The Balaban J connectivity index is 1.67. The van der Waals surface area contributed by atoms with Crippen LogP contribution in [0.1, 0.15) is 52.8 Å². The quantitative estimate of drug-likeness (QED) is 0.776. The first kappa shape index (κ1) is 13.8. The summed E-state index contributed by atoms with van der Waals surface area (Å²) in [5.74, 6) is 1.28. The standard InChI is InChI=1S/C15H18N4O2/c20-9-14-17-13(18-19-14)8-16-15(21)12-7-2-1-6-11(12)10-4-3-5-10/h1-2,6-7,10,20H,3-5,8-9H2,(H,16,21)(H,17,18,19). The highest BCUT2D eigenvalue weighted by molar-refractivity contribution is 5.95. The van der Waals surface area contributed by atoms with Crippen LogP contribution in [-0.4, -0.2) is 26.2 Å². The molecule has 2 aromatic rings. The second kappa shape index (κ2) is 6.05. The lowest BCUT2D eigenvalue weighted by molar-refractivity contribution is 0.0948. The van der Waals surface area contributed by atoms with E-state index >= 15 is 0 Å². The number of aliphatic hydroxyl groups is 1. The molecule has 21 heavy (non-hydrogen) atoms. The molecule has 1 heterocycles. The number of benzene rings is 1. The van der Waals surface area contributed by atoms with Gasteiger partial charge in [0, 0.05) is 5.56 Å². The SMILES string of the molecule is O=C(NCc1nc(CO)n[nH]1)c1ccccc1C1CCC1. The number of rotatable bonds is 5. The molecule has 1 saturated carbocycles. The Kier molecular flexibility index (Phi) is 3.96. The van der Waals surface area contributed by atoms with Gasteiger partial charge in [0.05, 0.1) is 6.54 Å². The van der Waals surface area contributed by atoms with Crippen molar-refractivity contribution in [3.8, 4) is 0 Å². The summed E-state index contributed by atoms with van der Waals surface area (Å²) >= 11 is 0. The maximum absolute atomic E-state index is 12.3. The van der Waals surface area contributed by atoms with Crippen LogP contribution in [0.5, 0.6) is 0 Å². The molecule has 0 radical (unpaired) electrons. The van der Waals surface area contributed by atoms with Crippen molar-refractivity contribution in [3.05, 3.63) is 47.0 Å². The molecule has 1 aliphatic carbocycles. The maximum atomic E-state index is 12.3. The fraction of sp³-hybridized carbons (Fsp3) is 0.400. The lowest BCUT2D eigenvalue weighted by Crippen LogP contribution is -2.26. The van der Waals surface area contributed by atoms with Crippen LogP contribution < -0.4 is 5.32 Å². The average Bonchev–Trinajstić information content (AvgIpc) is 2.91. The number of H-pyrrole nitrogens is 1. The monoisotopic (exact) mass is 286 g/mol. The Labute approximate surface area is 122 Å². The van der Waals surface area contributed by atoms with Crippen molar-refractivity contribution in [3.63, 3.8) is 0 Å². The van der Waals surface area contributed by atoms with Crippen molar-refractivity contribution >= 4 is 5.91 Å². The number of carbonyl (C=O) groups excluding carboxylic acids is 1. The fourth-order valence-electron chi connectivity index (χ4n) is 2.52. The Morgan fingerprint density at radius 2 is 2.19 bits per heavy atom. The van der Waals surface area contributed by atoms with E-state index in [4.69, 9.17) is 5.11 Å². The molecule has 0 aliphatic heterocycles. The highest BCUT2D eigenvalue weighted by atomic mass is 16.3. The molecule has 0 bridgehead atoms. The van der Waals surface area contributed by atoms with E-state index in [1.807, 2.05) is 24.3 Å². The molecule has 3 rings (SSSR count). The van der Waals surface area contributed by atoms with E-state index in [0.29, 0.717) is 17.6 Å². The number of carbonyl (C=O) groups is 1. The maximum Gasteiger partial charge on any atom is 0.251 e. The van der Waals surface area contributed by atoms with E-state index < -0.39 is 0 Å². The molecule has 6 heteroatoms. The summed E-state index contributed by atoms with van der Waals surface area (Å²) in [6.45, 7) is 0.0554. The van der Waals surface area contributed by atoms with Crippen LogP contribution in [0.25, 0.3) is 0 Å². The van der Waals surface area contributed by atoms with Gasteiger partial charge >= 0.3 is 0 Å². The number of aromatic amines is 1. The van der Waals surface area contributed by atoms with Gasteiger partial charge < -0.3 is 10.4 Å². The Morgan fingerprint density at radius 1 is 1.38 bits per heavy atom. The van der Waals surface area contributed by atoms with Crippen molar-refractivity contribution in [1.29, 1.82) is 0 Å². The second-order valence-corrected chi connectivity index (χ2v) is 5.25. The normalized spacial score (nSPS) is 14.7. The first-order valence-corrected chi connectivity index (χ1v) is 7.16. The predicted octanol–water partition coefficient (Wildman–Crippen LogP) is 1.49. The minimum atomic E-state index is -0.213. The topological polar surface area (TPSA) is 90.9 Å². The van der Waals surface area contributed by atoms with Crippen molar-refractivity contribution in [2.24, 2.45) is 0 Å². The summed E-state index contributed by atoms with van der Waals surface area (Å²) in [7, 11) is 0. The van der Waals surface area contributed by atoms with Crippen LogP contribution in [0.4, 0.5) is 0 Å². The van der Waals surface area contributed by atoms with E-state index in [9.17, 15) is 4.79 Å². The molecule has 0 atom stereocenters. The van der Waals surface area contributed by atoms with Crippen LogP contribution in [0.3, 0.4) is 0 Å². The van der Waals surface area contributed by atoms with E-state index in [0.717, 1.165) is 24.0 Å². The summed E-state index contributed by atoms with van der Waals surface area (Å²) in [6.07, 6.45) is 3.56. The molecule has 110 valence electrons. The molecule has 1 fully saturated rings. The summed E-state index contributed by atoms with van der Waals surface area (Å²) in [4.78, 5) is 16.4. The zero-order valence-corrected chi connectivity index (χ0v) is 11.7. The third-order valence-electron chi connectivity index (χ3n) is 3.89. The Hall–Kier alpha value is -2.21. The number of hydrogen-bond donors (Lipinski definition) is 3. The van der Waals surface area contributed by atoms with Gasteiger partial charge in [-0.05, 0) is 30.4 Å². The number of aromatic nitrogens is 3. The number of nitrogens with zero attached hydrogens (tertiary/aromatic N) is 2. The van der Waals surface area contributed by atoms with Crippen molar-refractivity contribution in [2.45, 2.75) is 38.3 Å². The van der Waals surface area contributed by atoms with Gasteiger partial charge in [0.2, 0.25) is 0 Å². The number of hydrogen-bond acceptors (Lipinski definition) is 4. The predicted molar refractivity (Wildman–Crippen MR) is 76.5 cm³/mol. The van der Waals surface area contributed by atoms with Gasteiger partial charge in [-0.15, -0.1) is 0 Å². The molecule has 0 saturated heterocycles. The van der Waals surface area contributed by atoms with Gasteiger partial charge in [0.25, 0.3) is 5.91 Å². The minimum absolute atomic E-state index is 0.0977. The van der Waals surface area contributed by atoms with Crippen LogP contribution >= 0.6 is 0 Å². The fourth-order valence-corrected chi connectivity index (χ4v) is 2.52. The first-order valence-electron chi connectivity index (χ1n) is 7.16. The number of amides is 1. The molecular weight excluding hydrogens is 268 g/mol. The third-order valence-corrected chi connectivity index (χ3v) is 3.89. The van der Waals surface area contributed by atoms with Crippen LogP contribution in [0.15, 0.2) is 24.3 Å². The molecule has 1 aliphatic rings. The molecule has 0 spiro atoms. The molecule has 1 amide bonds. The van der Waals surface area contributed by atoms with E-state index in [1.54, 1.807) is 0 Å². The largest absolute Gasteiger partial charge is 0.388 e. The van der Waals surface area contributed by atoms with Crippen LogP contribution in [0.2, 0.25) is 0 Å². The summed E-state index contributed by atoms with van der Waals surface area (Å²) in [5.41, 5.74) is 1.87. The second-order valence-electron chi connectivity index (χ2n) is 5.25. The zero-order valence-electron chi connectivity index (χ0n) is 11.7. The zero-order chi connectivity index (χ0) is 14.7. The molecule has 1 aromatic heterocycles. The molecule has 0 unspecified atom stereocenters. The molecule has 3 N–H and O–H groups in total. The van der Waals surface area contributed by atoms with Gasteiger partial charge in [0.15, 0.2) is 5.82 Å². The third kappa shape index (κ3) is 2.95. The Morgan fingerprint density at radius 3 is 2.86 bits per heavy atom. The lowest BCUT2D eigenvalue weighted by Gasteiger charge is -2.27. The number of nitrogens with one attached hydrogen (secondary N) is 2. The van der Waals surface area contributed by atoms with Gasteiger partial charge in [-0.1, -0.05) is 24.6 Å². The lowest BCUT2D eigenvalue weighted by atomic mass is 9.78. The smallest absolute Gasteiger partial charge is 0.251 e. The summed E-state index contributed by atoms with van der Waals surface area (Å²) in [5, 5.41) is 18.3. The van der Waals surface area contributed by atoms with Crippen LogP contribution in [-0.2, 0) is 13.2 Å². The van der Waals surface area contributed by atoms with E-state index in [1.165, 1.54) is 6.42 Å². The minimum Gasteiger partial charge on any atom is -0.388 e. The molecule has 6 nitrogen and oxygen atoms in total. The highest BCUT2D eigenvalue weighted by Gasteiger charge is 2.24. The van der Waals surface area contributed by atoms with Gasteiger partial charge in [0.1, 0.15) is 12.4 Å². The van der Waals surface area contributed by atoms with Gasteiger partial charge in [-0.2, -0.15) is 5.10 Å². The summed E-state index contributed by atoms with van der Waals surface area (Å²) in [6, 6.07) is 7.77. The molecule has 1 aromatic carbocycles. The van der Waals surface area contributed by atoms with E-state index in [-0.39, 0.29) is 19.1 Å². The number of aliphatic hydroxyl groups excluding tert-OH is 1. The van der Waals surface area contributed by atoms with E-state index in [2.05, 4.69) is 20.5 Å². The first-order chi connectivity index (χ1) is 10.3. The van der Waals surface area contributed by atoms with Crippen molar-refractivity contribution in [1.82, 2.24) is 20.5 Å². The summed E-state index contributed by atoms with van der Waals surface area (Å²) < 4.78 is 0. The van der Waals surface area contributed by atoms with Gasteiger partial charge in [-0.3, -0.25) is 9.89 Å². The van der Waals surface area contributed by atoms with Crippen LogP contribution in [0, 0.1) is 0 Å². The van der Waals surface area contributed by atoms with Crippen molar-refractivity contribution in [2.75, 3.05) is 0 Å². The van der Waals surface area contributed by atoms with Crippen molar-refractivity contribution < 1.29 is 9.90 Å². The Bertz CT molecular complexity index is 634.